The van der Waals surface area contributed by atoms with Gasteiger partial charge in [0.25, 0.3) is 5.91 Å². The smallest absolute Gasteiger partial charge is 0.254 e. The minimum atomic E-state index is -0.666. The quantitative estimate of drug-likeness (QED) is 0.919. The summed E-state index contributed by atoms with van der Waals surface area (Å²) in [5.41, 5.74) is 0.0897. The summed E-state index contributed by atoms with van der Waals surface area (Å²) >= 11 is 0. The first-order chi connectivity index (χ1) is 9.00. The molecular weight excluding hydrogens is 243 g/mol. The predicted molar refractivity (Wildman–Crippen MR) is 71.1 cm³/mol. The van der Waals surface area contributed by atoms with Gasteiger partial charge in [-0.2, -0.15) is 0 Å². The molecular formula is C15H15FN2O. The third-order valence-electron chi connectivity index (χ3n) is 2.85. The van der Waals surface area contributed by atoms with Gasteiger partial charge < -0.3 is 5.32 Å². The molecule has 1 N–H and O–H groups in total. The molecule has 2 aromatic rings. The fourth-order valence-electron chi connectivity index (χ4n) is 1.79. The fraction of sp³-hybridized carbons (Fsp3) is 0.200. The SMILES string of the molecule is CC(C)(NC(=O)c1ccccc1F)c1ccccn1. The van der Waals surface area contributed by atoms with Crippen LogP contribution in [0, 0.1) is 5.82 Å². The minimum absolute atomic E-state index is 0.0338. The van der Waals surface area contributed by atoms with E-state index in [0.29, 0.717) is 0 Å². The highest BCUT2D eigenvalue weighted by molar-refractivity contribution is 5.94. The van der Waals surface area contributed by atoms with Crippen molar-refractivity contribution in [2.75, 3.05) is 0 Å². The summed E-state index contributed by atoms with van der Waals surface area (Å²) in [4.78, 5) is 16.3. The van der Waals surface area contributed by atoms with Gasteiger partial charge in [0.1, 0.15) is 5.82 Å². The molecule has 1 aromatic heterocycles. The van der Waals surface area contributed by atoms with Crippen molar-refractivity contribution >= 4 is 5.91 Å². The third-order valence-corrected chi connectivity index (χ3v) is 2.85. The molecule has 0 radical (unpaired) electrons. The lowest BCUT2D eigenvalue weighted by atomic mass is 9.99. The largest absolute Gasteiger partial charge is 0.341 e. The maximum atomic E-state index is 13.5. The highest BCUT2D eigenvalue weighted by Crippen LogP contribution is 2.18. The van der Waals surface area contributed by atoms with Gasteiger partial charge >= 0.3 is 0 Å². The third kappa shape index (κ3) is 2.96. The van der Waals surface area contributed by atoms with Crippen LogP contribution in [0.2, 0.25) is 0 Å². The lowest BCUT2D eigenvalue weighted by Gasteiger charge is -2.25. The number of amides is 1. The van der Waals surface area contributed by atoms with Gasteiger partial charge in [-0.1, -0.05) is 18.2 Å². The maximum absolute atomic E-state index is 13.5. The van der Waals surface area contributed by atoms with Crippen molar-refractivity contribution in [2.45, 2.75) is 19.4 Å². The molecule has 0 spiro atoms. The Morgan fingerprint density at radius 2 is 1.84 bits per heavy atom. The number of nitrogens with one attached hydrogen (secondary N) is 1. The van der Waals surface area contributed by atoms with Gasteiger partial charge in [0.05, 0.1) is 16.8 Å². The summed E-state index contributed by atoms with van der Waals surface area (Å²) in [5.74, 6) is -0.981. The molecule has 0 unspecified atom stereocenters. The Bertz CT molecular complexity index is 582. The Balaban J connectivity index is 2.22. The maximum Gasteiger partial charge on any atom is 0.254 e. The summed E-state index contributed by atoms with van der Waals surface area (Å²) in [6, 6.07) is 11.4. The second-order valence-electron chi connectivity index (χ2n) is 4.77. The Hall–Kier alpha value is -2.23. The molecule has 1 amide bonds. The molecule has 98 valence electrons. The molecule has 0 aliphatic carbocycles. The topological polar surface area (TPSA) is 42.0 Å². The van der Waals surface area contributed by atoms with Gasteiger partial charge in [-0.3, -0.25) is 9.78 Å². The van der Waals surface area contributed by atoms with E-state index in [1.54, 1.807) is 24.4 Å². The molecule has 1 heterocycles. The molecule has 0 aliphatic rings. The zero-order chi connectivity index (χ0) is 13.9. The molecule has 3 nitrogen and oxygen atoms in total. The number of rotatable bonds is 3. The minimum Gasteiger partial charge on any atom is -0.341 e. The number of pyridine rings is 1. The van der Waals surface area contributed by atoms with Gasteiger partial charge in [-0.15, -0.1) is 0 Å². The van der Waals surface area contributed by atoms with E-state index in [0.717, 1.165) is 5.69 Å². The molecule has 2 rings (SSSR count). The van der Waals surface area contributed by atoms with E-state index in [2.05, 4.69) is 10.3 Å². The van der Waals surface area contributed by atoms with Crippen molar-refractivity contribution in [3.8, 4) is 0 Å². The van der Waals surface area contributed by atoms with Crippen LogP contribution in [-0.2, 0) is 5.54 Å². The van der Waals surface area contributed by atoms with Crippen molar-refractivity contribution in [2.24, 2.45) is 0 Å². The van der Waals surface area contributed by atoms with Crippen LogP contribution in [0.3, 0.4) is 0 Å². The van der Waals surface area contributed by atoms with Gasteiger partial charge in [-0.05, 0) is 38.1 Å². The summed E-state index contributed by atoms with van der Waals surface area (Å²) in [6.07, 6.45) is 1.66. The van der Waals surface area contributed by atoms with Crippen molar-refractivity contribution in [3.05, 3.63) is 65.7 Å². The fourth-order valence-corrected chi connectivity index (χ4v) is 1.79. The zero-order valence-corrected chi connectivity index (χ0v) is 10.9. The van der Waals surface area contributed by atoms with E-state index in [-0.39, 0.29) is 5.56 Å². The molecule has 19 heavy (non-hydrogen) atoms. The summed E-state index contributed by atoms with van der Waals surface area (Å²) in [5, 5.41) is 2.79. The highest BCUT2D eigenvalue weighted by atomic mass is 19.1. The van der Waals surface area contributed by atoms with Crippen molar-refractivity contribution < 1.29 is 9.18 Å². The second-order valence-corrected chi connectivity index (χ2v) is 4.77. The molecule has 0 atom stereocenters. The van der Waals surface area contributed by atoms with Crippen LogP contribution in [0.15, 0.2) is 48.7 Å². The number of carbonyl (C=O) groups is 1. The molecule has 0 fully saturated rings. The van der Waals surface area contributed by atoms with Crippen LogP contribution in [0.5, 0.6) is 0 Å². The van der Waals surface area contributed by atoms with E-state index in [9.17, 15) is 9.18 Å². The number of hydrogen-bond donors (Lipinski definition) is 1. The first-order valence-electron chi connectivity index (χ1n) is 5.99. The monoisotopic (exact) mass is 258 g/mol. The van der Waals surface area contributed by atoms with E-state index >= 15 is 0 Å². The average molecular weight is 258 g/mol. The number of halogens is 1. The van der Waals surface area contributed by atoms with Crippen LogP contribution in [0.25, 0.3) is 0 Å². The summed E-state index contributed by atoms with van der Waals surface area (Å²) in [7, 11) is 0. The number of nitrogens with zero attached hydrogens (tertiary/aromatic N) is 1. The van der Waals surface area contributed by atoms with Gasteiger partial charge in [0.2, 0.25) is 0 Å². The van der Waals surface area contributed by atoms with Crippen LogP contribution >= 0.6 is 0 Å². The Labute approximate surface area is 111 Å². The van der Waals surface area contributed by atoms with E-state index in [1.807, 2.05) is 26.0 Å². The van der Waals surface area contributed by atoms with Crippen LogP contribution in [-0.4, -0.2) is 10.9 Å². The molecule has 4 heteroatoms. The van der Waals surface area contributed by atoms with E-state index < -0.39 is 17.3 Å². The van der Waals surface area contributed by atoms with Gasteiger partial charge in [-0.25, -0.2) is 4.39 Å². The Kier molecular flexibility index (Phi) is 3.60. The lowest BCUT2D eigenvalue weighted by molar-refractivity contribution is 0.0906. The van der Waals surface area contributed by atoms with Crippen molar-refractivity contribution in [1.82, 2.24) is 10.3 Å². The number of benzene rings is 1. The molecule has 0 saturated carbocycles. The van der Waals surface area contributed by atoms with Gasteiger partial charge in [0, 0.05) is 6.20 Å². The zero-order valence-electron chi connectivity index (χ0n) is 10.9. The van der Waals surface area contributed by atoms with Crippen LogP contribution in [0.4, 0.5) is 4.39 Å². The molecule has 0 saturated heterocycles. The van der Waals surface area contributed by atoms with Crippen LogP contribution in [0.1, 0.15) is 29.9 Å². The second kappa shape index (κ2) is 5.18. The average Bonchev–Trinajstić information content (AvgIpc) is 2.39. The molecule has 0 aliphatic heterocycles. The van der Waals surface area contributed by atoms with E-state index in [1.165, 1.54) is 12.1 Å². The number of hydrogen-bond acceptors (Lipinski definition) is 2. The Morgan fingerprint density at radius 1 is 1.16 bits per heavy atom. The molecule has 0 bridgehead atoms. The normalized spacial score (nSPS) is 11.1. The van der Waals surface area contributed by atoms with Crippen molar-refractivity contribution in [1.29, 1.82) is 0 Å². The highest BCUT2D eigenvalue weighted by Gasteiger charge is 2.25. The predicted octanol–water partition coefficient (Wildman–Crippen LogP) is 2.89. The van der Waals surface area contributed by atoms with Crippen LogP contribution < -0.4 is 5.32 Å². The first kappa shape index (κ1) is 13.2. The summed E-state index contributed by atoms with van der Waals surface area (Å²) < 4.78 is 13.5. The molecule has 1 aromatic carbocycles. The van der Waals surface area contributed by atoms with E-state index in [4.69, 9.17) is 0 Å². The number of aromatic nitrogens is 1. The standard InChI is InChI=1S/C15H15FN2O/c1-15(2,13-9-5-6-10-17-13)18-14(19)11-7-3-4-8-12(11)16/h3-10H,1-2H3,(H,18,19). The number of carbonyl (C=O) groups excluding carboxylic acids is 1. The lowest BCUT2D eigenvalue weighted by Crippen LogP contribution is -2.41. The van der Waals surface area contributed by atoms with Crippen molar-refractivity contribution in [3.63, 3.8) is 0 Å². The van der Waals surface area contributed by atoms with Gasteiger partial charge in [0.15, 0.2) is 0 Å². The first-order valence-corrected chi connectivity index (χ1v) is 5.99. The summed E-state index contributed by atoms with van der Waals surface area (Å²) in [6.45, 7) is 3.65. The Morgan fingerprint density at radius 3 is 2.47 bits per heavy atom.